The van der Waals surface area contributed by atoms with Gasteiger partial charge in [0.25, 0.3) is 0 Å². The lowest BCUT2D eigenvalue weighted by Gasteiger charge is -2.14. The first-order valence-corrected chi connectivity index (χ1v) is 9.04. The van der Waals surface area contributed by atoms with Crippen LogP contribution in [0.4, 0.5) is 0 Å². The number of nitrogens with zero attached hydrogens (tertiary/aromatic N) is 1. The summed E-state index contributed by atoms with van der Waals surface area (Å²) in [7, 11) is -3.44. The molecule has 1 aromatic heterocycles. The van der Waals surface area contributed by atoms with E-state index in [1.54, 1.807) is 6.07 Å². The third kappa shape index (κ3) is 4.18. The van der Waals surface area contributed by atoms with Gasteiger partial charge in [0.1, 0.15) is 12.0 Å². The smallest absolute Gasteiger partial charge is 0.217 e. The molecule has 0 saturated carbocycles. The van der Waals surface area contributed by atoms with Crippen LogP contribution in [0.1, 0.15) is 18.2 Å². The topological polar surface area (TPSA) is 72.2 Å². The van der Waals surface area contributed by atoms with Crippen molar-refractivity contribution in [2.75, 3.05) is 0 Å². The van der Waals surface area contributed by atoms with Crippen molar-refractivity contribution >= 4 is 20.8 Å². The van der Waals surface area contributed by atoms with Gasteiger partial charge in [0, 0.05) is 12.1 Å². The van der Waals surface area contributed by atoms with Gasteiger partial charge in [0.05, 0.1) is 5.69 Å². The van der Waals surface area contributed by atoms with Crippen LogP contribution in [0.2, 0.25) is 0 Å². The Hall–Kier alpha value is -2.18. The van der Waals surface area contributed by atoms with Crippen LogP contribution in [0.25, 0.3) is 10.8 Å². The zero-order valence-electron chi connectivity index (χ0n) is 12.8. The van der Waals surface area contributed by atoms with Crippen LogP contribution >= 0.6 is 0 Å². The monoisotopic (exact) mass is 330 g/mol. The zero-order chi connectivity index (χ0) is 16.3. The molecule has 2 aromatic carbocycles. The van der Waals surface area contributed by atoms with E-state index in [4.69, 9.17) is 0 Å². The molecule has 0 aliphatic carbocycles. The minimum absolute atomic E-state index is 0.175. The van der Waals surface area contributed by atoms with Crippen molar-refractivity contribution < 1.29 is 12.9 Å². The Morgan fingerprint density at radius 3 is 2.65 bits per heavy atom. The molecule has 0 unspecified atom stereocenters. The molecule has 120 valence electrons. The van der Waals surface area contributed by atoms with Gasteiger partial charge in [-0.3, -0.25) is 0 Å². The molecule has 1 heterocycles. The first-order chi connectivity index (χ1) is 11.0. The number of nitrogens with one attached hydrogen (secondary N) is 1. The van der Waals surface area contributed by atoms with E-state index in [1.807, 2.05) is 25.1 Å². The molecule has 6 heteroatoms. The van der Waals surface area contributed by atoms with E-state index in [1.165, 1.54) is 11.6 Å². The third-order valence-electron chi connectivity index (χ3n) is 3.57. The van der Waals surface area contributed by atoms with Crippen molar-refractivity contribution in [3.05, 3.63) is 66.1 Å². The molecule has 0 radical (unpaired) electrons. The Kier molecular flexibility index (Phi) is 4.45. The van der Waals surface area contributed by atoms with E-state index in [2.05, 4.69) is 38.7 Å². The lowest BCUT2D eigenvalue weighted by Crippen LogP contribution is -2.35. The number of fused-ring (bicyclic) bond motifs is 1. The first-order valence-electron chi connectivity index (χ1n) is 7.39. The summed E-state index contributed by atoms with van der Waals surface area (Å²) in [5.41, 5.74) is 1.50. The zero-order valence-corrected chi connectivity index (χ0v) is 13.6. The van der Waals surface area contributed by atoms with Crippen molar-refractivity contribution in [3.63, 3.8) is 0 Å². The molecule has 23 heavy (non-hydrogen) atoms. The molecule has 0 aliphatic rings. The fraction of sp³-hybridized carbons (Fsp3) is 0.235. The van der Waals surface area contributed by atoms with Gasteiger partial charge >= 0.3 is 0 Å². The van der Waals surface area contributed by atoms with Crippen molar-refractivity contribution in [2.24, 2.45) is 0 Å². The molecular weight excluding hydrogens is 312 g/mol. The molecule has 5 nitrogen and oxygen atoms in total. The maximum Gasteiger partial charge on any atom is 0.217 e. The first kappa shape index (κ1) is 15.7. The van der Waals surface area contributed by atoms with Gasteiger partial charge in [0.2, 0.25) is 10.0 Å². The summed E-state index contributed by atoms with van der Waals surface area (Å²) < 4.78 is 31.6. The SMILES string of the molecule is C[C@@H](Cc1ccc2ccccc2c1)NS(=O)(=O)Cc1ccon1. The predicted molar refractivity (Wildman–Crippen MR) is 89.4 cm³/mol. The van der Waals surface area contributed by atoms with Crippen LogP contribution in [0.15, 0.2) is 59.3 Å². The molecule has 0 bridgehead atoms. The maximum absolute atomic E-state index is 12.1. The number of sulfonamides is 1. The Labute approximate surface area is 135 Å². The summed E-state index contributed by atoms with van der Waals surface area (Å²) in [6.45, 7) is 1.86. The summed E-state index contributed by atoms with van der Waals surface area (Å²) in [6.07, 6.45) is 1.99. The minimum atomic E-state index is -3.44. The third-order valence-corrected chi connectivity index (χ3v) is 5.00. The van der Waals surface area contributed by atoms with Crippen LogP contribution in [0.5, 0.6) is 0 Å². The summed E-state index contributed by atoms with van der Waals surface area (Å²) in [5, 5.41) is 5.96. The van der Waals surface area contributed by atoms with E-state index in [9.17, 15) is 8.42 Å². The van der Waals surface area contributed by atoms with Gasteiger partial charge in [-0.05, 0) is 29.7 Å². The maximum atomic E-state index is 12.1. The van der Waals surface area contributed by atoms with Crippen molar-refractivity contribution in [2.45, 2.75) is 25.1 Å². The van der Waals surface area contributed by atoms with Crippen LogP contribution in [0, 0.1) is 0 Å². The Morgan fingerprint density at radius 2 is 1.91 bits per heavy atom. The highest BCUT2D eigenvalue weighted by molar-refractivity contribution is 7.88. The normalized spacial score (nSPS) is 13.3. The average Bonchev–Trinajstić information content (AvgIpc) is 2.98. The summed E-state index contributed by atoms with van der Waals surface area (Å²) in [5.74, 6) is -0.175. The second-order valence-electron chi connectivity index (χ2n) is 5.65. The Balaban J connectivity index is 1.66. The highest BCUT2D eigenvalue weighted by Gasteiger charge is 2.17. The second kappa shape index (κ2) is 6.52. The van der Waals surface area contributed by atoms with Crippen LogP contribution in [-0.4, -0.2) is 19.6 Å². The molecule has 0 fully saturated rings. The average molecular weight is 330 g/mol. The molecule has 1 N–H and O–H groups in total. The number of benzene rings is 2. The molecule has 0 aliphatic heterocycles. The quantitative estimate of drug-likeness (QED) is 0.754. The predicted octanol–water partition coefficient (Wildman–Crippen LogP) is 2.88. The van der Waals surface area contributed by atoms with Crippen molar-refractivity contribution in [1.29, 1.82) is 0 Å². The second-order valence-corrected chi connectivity index (χ2v) is 7.41. The minimum Gasteiger partial charge on any atom is -0.364 e. The van der Waals surface area contributed by atoms with Gasteiger partial charge in [-0.15, -0.1) is 0 Å². The van der Waals surface area contributed by atoms with Crippen molar-refractivity contribution in [3.8, 4) is 0 Å². The van der Waals surface area contributed by atoms with E-state index in [0.29, 0.717) is 12.1 Å². The van der Waals surface area contributed by atoms with E-state index >= 15 is 0 Å². The van der Waals surface area contributed by atoms with Crippen LogP contribution < -0.4 is 4.72 Å². The number of hydrogen-bond donors (Lipinski definition) is 1. The lowest BCUT2D eigenvalue weighted by atomic mass is 10.0. The van der Waals surface area contributed by atoms with Gasteiger partial charge in [-0.25, -0.2) is 13.1 Å². The Morgan fingerprint density at radius 1 is 1.13 bits per heavy atom. The van der Waals surface area contributed by atoms with Crippen LogP contribution in [0.3, 0.4) is 0 Å². The molecular formula is C17H18N2O3S. The van der Waals surface area contributed by atoms with E-state index in [-0.39, 0.29) is 11.8 Å². The molecule has 0 amide bonds. The number of aromatic nitrogens is 1. The highest BCUT2D eigenvalue weighted by Crippen LogP contribution is 2.17. The van der Waals surface area contributed by atoms with Gasteiger partial charge in [-0.1, -0.05) is 47.6 Å². The molecule has 0 saturated heterocycles. The highest BCUT2D eigenvalue weighted by atomic mass is 32.2. The van der Waals surface area contributed by atoms with Gasteiger partial charge in [0.15, 0.2) is 0 Å². The molecule has 3 rings (SSSR count). The van der Waals surface area contributed by atoms with E-state index in [0.717, 1.165) is 10.9 Å². The fourth-order valence-corrected chi connectivity index (χ4v) is 3.93. The van der Waals surface area contributed by atoms with Gasteiger partial charge < -0.3 is 4.52 Å². The molecule has 1 atom stereocenters. The summed E-state index contributed by atoms with van der Waals surface area (Å²) >= 11 is 0. The molecule has 0 spiro atoms. The Bertz CT molecular complexity index is 889. The summed E-state index contributed by atoms with van der Waals surface area (Å²) in [4.78, 5) is 0. The van der Waals surface area contributed by atoms with Crippen molar-refractivity contribution in [1.82, 2.24) is 9.88 Å². The van der Waals surface area contributed by atoms with E-state index < -0.39 is 10.0 Å². The standard InChI is InChI=1S/C17H18N2O3S/c1-13(19-23(20,21)12-17-8-9-22-18-17)10-14-6-7-15-4-2-3-5-16(15)11-14/h2-9,11,13,19H,10,12H2,1H3/t13-/m0/s1. The fourth-order valence-electron chi connectivity index (χ4n) is 2.62. The number of rotatable bonds is 6. The van der Waals surface area contributed by atoms with Gasteiger partial charge in [-0.2, -0.15) is 0 Å². The largest absolute Gasteiger partial charge is 0.364 e. The summed E-state index contributed by atoms with van der Waals surface area (Å²) in [6, 6.07) is 15.6. The molecule has 3 aromatic rings. The lowest BCUT2D eigenvalue weighted by molar-refractivity contribution is 0.413. The number of hydrogen-bond acceptors (Lipinski definition) is 4. The van der Waals surface area contributed by atoms with Crippen LogP contribution in [-0.2, 0) is 22.2 Å².